The highest BCUT2D eigenvalue weighted by atomic mass is 35.5. The van der Waals surface area contributed by atoms with E-state index in [1.165, 1.54) is 11.3 Å². The second-order valence-corrected chi connectivity index (χ2v) is 9.65. The van der Waals surface area contributed by atoms with Crippen LogP contribution in [0.5, 0.6) is 0 Å². The first-order chi connectivity index (χ1) is 11.9. The van der Waals surface area contributed by atoms with Crippen LogP contribution in [0.4, 0.5) is 10.8 Å². The standard InChI is InChI=1S/C16H16ClN3O2S3/c1-25(21,22)18-9-8-13-6-7-15(24-13)14-10-23-16(20-14)19-12-4-2-11(17)3-5-12/h2-7,10,18H,8-9H2,1H3,(H,19,20). The number of anilines is 2. The first-order valence-electron chi connectivity index (χ1n) is 7.41. The lowest BCUT2D eigenvalue weighted by Crippen LogP contribution is -2.23. The Balaban J connectivity index is 1.63. The highest BCUT2D eigenvalue weighted by Crippen LogP contribution is 2.32. The molecule has 0 saturated carbocycles. The molecule has 0 unspecified atom stereocenters. The van der Waals surface area contributed by atoms with Crippen molar-refractivity contribution >= 4 is 55.1 Å². The average molecular weight is 414 g/mol. The third-order valence-corrected chi connectivity index (χ3v) is 6.16. The van der Waals surface area contributed by atoms with E-state index >= 15 is 0 Å². The molecular weight excluding hydrogens is 398 g/mol. The molecule has 5 nitrogen and oxygen atoms in total. The maximum Gasteiger partial charge on any atom is 0.208 e. The van der Waals surface area contributed by atoms with Crippen LogP contribution in [-0.4, -0.2) is 26.2 Å². The molecule has 9 heteroatoms. The zero-order valence-corrected chi connectivity index (χ0v) is 16.5. The van der Waals surface area contributed by atoms with Crippen LogP contribution in [0.2, 0.25) is 5.02 Å². The number of hydrogen-bond donors (Lipinski definition) is 2. The van der Waals surface area contributed by atoms with Gasteiger partial charge in [-0.15, -0.1) is 22.7 Å². The van der Waals surface area contributed by atoms with Gasteiger partial charge in [-0.1, -0.05) is 11.6 Å². The van der Waals surface area contributed by atoms with Crippen molar-refractivity contribution < 1.29 is 8.42 Å². The van der Waals surface area contributed by atoms with Gasteiger partial charge in [-0.05, 0) is 42.8 Å². The number of benzene rings is 1. The molecule has 1 aromatic carbocycles. The molecule has 0 amide bonds. The summed E-state index contributed by atoms with van der Waals surface area (Å²) in [5.74, 6) is 0. The van der Waals surface area contributed by atoms with Crippen LogP contribution in [-0.2, 0) is 16.4 Å². The smallest absolute Gasteiger partial charge is 0.208 e. The van der Waals surface area contributed by atoms with Crippen LogP contribution in [0, 0.1) is 0 Å². The van der Waals surface area contributed by atoms with E-state index in [0.29, 0.717) is 18.0 Å². The van der Waals surface area contributed by atoms with Crippen molar-refractivity contribution in [3.8, 4) is 10.6 Å². The summed E-state index contributed by atoms with van der Waals surface area (Å²) in [7, 11) is -3.14. The molecule has 3 rings (SSSR count). The van der Waals surface area contributed by atoms with Gasteiger partial charge >= 0.3 is 0 Å². The predicted molar refractivity (Wildman–Crippen MR) is 107 cm³/mol. The van der Waals surface area contributed by atoms with Crippen molar-refractivity contribution in [1.82, 2.24) is 9.71 Å². The fourth-order valence-electron chi connectivity index (χ4n) is 2.11. The summed E-state index contributed by atoms with van der Waals surface area (Å²) >= 11 is 9.04. The predicted octanol–water partition coefficient (Wildman–Crippen LogP) is 4.36. The van der Waals surface area contributed by atoms with E-state index in [9.17, 15) is 8.42 Å². The van der Waals surface area contributed by atoms with Crippen LogP contribution in [0.1, 0.15) is 4.88 Å². The van der Waals surface area contributed by atoms with Gasteiger partial charge in [0, 0.05) is 27.5 Å². The van der Waals surface area contributed by atoms with Crippen molar-refractivity contribution in [3.05, 3.63) is 51.7 Å². The molecule has 2 N–H and O–H groups in total. The lowest BCUT2D eigenvalue weighted by atomic mass is 10.3. The highest BCUT2D eigenvalue weighted by molar-refractivity contribution is 7.88. The fourth-order valence-corrected chi connectivity index (χ4v) is 4.48. The fraction of sp³-hybridized carbons (Fsp3) is 0.188. The first kappa shape index (κ1) is 18.3. The Bertz CT molecular complexity index is 949. The van der Waals surface area contributed by atoms with Crippen molar-refractivity contribution in [2.75, 3.05) is 18.1 Å². The molecule has 0 aliphatic carbocycles. The summed E-state index contributed by atoms with van der Waals surface area (Å²) in [5, 5.41) is 6.77. The van der Waals surface area contributed by atoms with Gasteiger partial charge in [0.05, 0.1) is 16.8 Å². The van der Waals surface area contributed by atoms with Crippen LogP contribution in [0.3, 0.4) is 0 Å². The van der Waals surface area contributed by atoms with Crippen molar-refractivity contribution in [2.24, 2.45) is 0 Å². The summed E-state index contributed by atoms with van der Waals surface area (Å²) in [6.45, 7) is 0.402. The van der Waals surface area contributed by atoms with Crippen LogP contribution < -0.4 is 10.0 Å². The normalized spacial score (nSPS) is 11.6. The molecule has 2 aromatic heterocycles. The van der Waals surface area contributed by atoms with Crippen molar-refractivity contribution in [1.29, 1.82) is 0 Å². The Kier molecular flexibility index (Phi) is 5.75. The molecule has 0 fully saturated rings. The largest absolute Gasteiger partial charge is 0.332 e. The summed E-state index contributed by atoms with van der Waals surface area (Å²) in [6.07, 6.45) is 1.83. The quantitative estimate of drug-likeness (QED) is 0.603. The molecule has 2 heterocycles. The van der Waals surface area contributed by atoms with E-state index in [4.69, 9.17) is 11.6 Å². The van der Waals surface area contributed by atoms with Crippen molar-refractivity contribution in [2.45, 2.75) is 6.42 Å². The minimum Gasteiger partial charge on any atom is -0.332 e. The molecule has 0 saturated heterocycles. The van der Waals surface area contributed by atoms with E-state index in [1.54, 1.807) is 11.3 Å². The zero-order chi connectivity index (χ0) is 17.9. The number of nitrogens with one attached hydrogen (secondary N) is 2. The number of thiazole rings is 1. The molecule has 0 aliphatic rings. The summed E-state index contributed by atoms with van der Waals surface area (Å²) in [6, 6.07) is 11.5. The van der Waals surface area contributed by atoms with Crippen LogP contribution in [0.15, 0.2) is 41.8 Å². The van der Waals surface area contributed by atoms with Gasteiger partial charge in [0.1, 0.15) is 0 Å². The van der Waals surface area contributed by atoms with E-state index in [0.717, 1.165) is 32.5 Å². The number of aromatic nitrogens is 1. The molecule has 0 radical (unpaired) electrons. The second-order valence-electron chi connectivity index (χ2n) is 5.35. The third-order valence-electron chi connectivity index (χ3n) is 3.25. The lowest BCUT2D eigenvalue weighted by Gasteiger charge is -2.01. The maximum atomic E-state index is 11.1. The number of nitrogens with zero attached hydrogens (tertiary/aromatic N) is 1. The van der Waals surface area contributed by atoms with Crippen molar-refractivity contribution in [3.63, 3.8) is 0 Å². The summed E-state index contributed by atoms with van der Waals surface area (Å²) in [4.78, 5) is 6.79. The molecule has 0 atom stereocenters. The molecule has 0 aliphatic heterocycles. The number of hydrogen-bond acceptors (Lipinski definition) is 6. The Morgan fingerprint density at radius 1 is 1.16 bits per heavy atom. The van der Waals surface area contributed by atoms with E-state index < -0.39 is 10.0 Å². The lowest BCUT2D eigenvalue weighted by molar-refractivity contribution is 0.588. The molecule has 0 bridgehead atoms. The molecule has 132 valence electrons. The molecule has 25 heavy (non-hydrogen) atoms. The highest BCUT2D eigenvalue weighted by Gasteiger charge is 2.09. The van der Waals surface area contributed by atoms with E-state index in [1.807, 2.05) is 41.8 Å². The monoisotopic (exact) mass is 413 g/mol. The minimum absolute atomic E-state index is 0.402. The van der Waals surface area contributed by atoms with E-state index in [-0.39, 0.29) is 0 Å². The van der Waals surface area contributed by atoms with Gasteiger partial charge in [0.15, 0.2) is 5.13 Å². The second kappa shape index (κ2) is 7.84. The Hall–Kier alpha value is -1.45. The van der Waals surface area contributed by atoms with E-state index in [2.05, 4.69) is 15.0 Å². The molecular formula is C16H16ClN3O2S3. The number of thiophene rings is 1. The first-order valence-corrected chi connectivity index (χ1v) is 11.4. The number of sulfonamides is 1. The third kappa shape index (κ3) is 5.52. The van der Waals surface area contributed by atoms with Gasteiger partial charge in [-0.25, -0.2) is 18.1 Å². The Labute approximate surface area is 159 Å². The van der Waals surface area contributed by atoms with Gasteiger partial charge in [-0.2, -0.15) is 0 Å². The number of rotatable bonds is 7. The van der Waals surface area contributed by atoms with Gasteiger partial charge in [-0.3, -0.25) is 0 Å². The SMILES string of the molecule is CS(=O)(=O)NCCc1ccc(-c2csc(Nc3ccc(Cl)cc3)n2)s1. The van der Waals surface area contributed by atoms with Gasteiger partial charge in [0.25, 0.3) is 0 Å². The van der Waals surface area contributed by atoms with Crippen LogP contribution in [0.25, 0.3) is 10.6 Å². The Morgan fingerprint density at radius 2 is 1.92 bits per heavy atom. The van der Waals surface area contributed by atoms with Crippen LogP contribution >= 0.6 is 34.3 Å². The van der Waals surface area contributed by atoms with Gasteiger partial charge < -0.3 is 5.32 Å². The number of halogens is 1. The minimum atomic E-state index is -3.14. The van der Waals surface area contributed by atoms with Gasteiger partial charge in [0.2, 0.25) is 10.0 Å². The Morgan fingerprint density at radius 3 is 2.64 bits per heavy atom. The summed E-state index contributed by atoms with van der Waals surface area (Å²) < 4.78 is 24.7. The molecule has 3 aromatic rings. The maximum absolute atomic E-state index is 11.1. The topological polar surface area (TPSA) is 71.1 Å². The zero-order valence-electron chi connectivity index (χ0n) is 13.3. The average Bonchev–Trinajstić information content (AvgIpc) is 3.17. The molecule has 0 spiro atoms. The summed E-state index contributed by atoms with van der Waals surface area (Å²) in [5.41, 5.74) is 1.85.